The number of nitrogens with one attached hydrogen (secondary N) is 1. The highest BCUT2D eigenvalue weighted by Crippen LogP contribution is 2.31. The molecule has 2 rings (SSSR count). The van der Waals surface area contributed by atoms with Crippen LogP contribution in [-0.2, 0) is 9.53 Å². The first-order valence-corrected chi connectivity index (χ1v) is 6.64. The van der Waals surface area contributed by atoms with E-state index in [-0.39, 0.29) is 16.8 Å². The Balaban J connectivity index is 2.31. The van der Waals surface area contributed by atoms with E-state index in [1.807, 2.05) is 5.32 Å². The number of ether oxygens (including phenoxy) is 1. The zero-order valence-corrected chi connectivity index (χ0v) is 12.3. The molecular formula is C16H11F4NO3. The van der Waals surface area contributed by atoms with Crippen LogP contribution in [0.1, 0.15) is 5.56 Å². The molecule has 0 bridgehead atoms. The molecule has 0 aliphatic heterocycles. The van der Waals surface area contributed by atoms with Gasteiger partial charge >= 0.3 is 18.2 Å². The molecule has 0 radical (unpaired) electrons. The zero-order chi connectivity index (χ0) is 17.9. The lowest BCUT2D eigenvalue weighted by molar-refractivity contribution is -0.192. The summed E-state index contributed by atoms with van der Waals surface area (Å²) in [7, 11) is 0. The number of carbonyl (C=O) groups excluding carboxylic acids is 2. The maximum atomic E-state index is 13.9. The van der Waals surface area contributed by atoms with Crippen LogP contribution in [0.3, 0.4) is 0 Å². The van der Waals surface area contributed by atoms with Crippen molar-refractivity contribution in [3.63, 3.8) is 0 Å². The third-order valence-corrected chi connectivity index (χ3v) is 2.99. The van der Waals surface area contributed by atoms with Gasteiger partial charge in [-0.2, -0.15) is 13.2 Å². The second kappa shape index (κ2) is 6.69. The molecule has 0 heterocycles. The predicted octanol–water partition coefficient (Wildman–Crippen LogP) is 4.44. The monoisotopic (exact) mass is 341 g/mol. The summed E-state index contributed by atoms with van der Waals surface area (Å²) in [5.74, 6) is -3.22. The molecule has 126 valence electrons. The smallest absolute Gasteiger partial charge is 0.369 e. The quantitative estimate of drug-likeness (QED) is 0.499. The summed E-state index contributed by atoms with van der Waals surface area (Å²) >= 11 is 0. The summed E-state index contributed by atoms with van der Waals surface area (Å²) in [5.41, 5.74) is 1.04. The molecule has 0 saturated heterocycles. The van der Waals surface area contributed by atoms with Crippen molar-refractivity contribution in [2.45, 2.75) is 13.1 Å². The van der Waals surface area contributed by atoms with Gasteiger partial charge in [-0.3, -0.25) is 5.32 Å². The number of carbonyl (C=O) groups is 2. The van der Waals surface area contributed by atoms with Gasteiger partial charge in [0, 0.05) is 11.1 Å². The number of amides is 1. The van der Waals surface area contributed by atoms with Crippen LogP contribution in [0.25, 0.3) is 11.1 Å². The van der Waals surface area contributed by atoms with Crippen molar-refractivity contribution in [2.75, 3.05) is 5.32 Å². The van der Waals surface area contributed by atoms with Crippen LogP contribution in [0, 0.1) is 12.7 Å². The van der Waals surface area contributed by atoms with Crippen LogP contribution in [0.5, 0.6) is 0 Å². The first-order valence-electron chi connectivity index (χ1n) is 6.64. The summed E-state index contributed by atoms with van der Waals surface area (Å²) in [6, 6.07) is 10.2. The topological polar surface area (TPSA) is 55.4 Å². The Labute approximate surface area is 134 Å². The van der Waals surface area contributed by atoms with E-state index in [1.165, 1.54) is 30.3 Å². The predicted molar refractivity (Wildman–Crippen MR) is 77.7 cm³/mol. The Morgan fingerprint density at radius 1 is 1.04 bits per heavy atom. The molecule has 1 amide bonds. The summed E-state index contributed by atoms with van der Waals surface area (Å²) in [6.07, 6.45) is -6.90. The molecule has 1 N–H and O–H groups in total. The molecule has 24 heavy (non-hydrogen) atoms. The molecule has 2 aromatic rings. The van der Waals surface area contributed by atoms with Crippen LogP contribution in [-0.4, -0.2) is 18.2 Å². The number of benzene rings is 2. The van der Waals surface area contributed by atoms with E-state index in [4.69, 9.17) is 0 Å². The fourth-order valence-electron chi connectivity index (χ4n) is 1.95. The molecule has 2 aromatic carbocycles. The number of esters is 1. The molecule has 0 aliphatic rings. The number of aryl methyl sites for hydroxylation is 1. The highest BCUT2D eigenvalue weighted by Gasteiger charge is 2.42. The molecule has 0 unspecified atom stereocenters. The van der Waals surface area contributed by atoms with E-state index in [0.29, 0.717) is 5.56 Å². The molecular weight excluding hydrogens is 330 g/mol. The van der Waals surface area contributed by atoms with Crippen molar-refractivity contribution in [1.82, 2.24) is 0 Å². The van der Waals surface area contributed by atoms with Crippen molar-refractivity contribution in [1.29, 1.82) is 0 Å². The Morgan fingerprint density at radius 3 is 2.33 bits per heavy atom. The molecule has 0 spiro atoms. The van der Waals surface area contributed by atoms with Gasteiger partial charge in [0.15, 0.2) is 0 Å². The van der Waals surface area contributed by atoms with Crippen molar-refractivity contribution >= 4 is 17.7 Å². The van der Waals surface area contributed by atoms with E-state index < -0.39 is 24.1 Å². The van der Waals surface area contributed by atoms with E-state index in [1.54, 1.807) is 19.1 Å². The minimum absolute atomic E-state index is 0.0140. The van der Waals surface area contributed by atoms with Crippen molar-refractivity contribution in [3.05, 3.63) is 53.8 Å². The zero-order valence-electron chi connectivity index (χ0n) is 12.3. The average Bonchev–Trinajstić information content (AvgIpc) is 2.47. The van der Waals surface area contributed by atoms with Crippen LogP contribution in [0.15, 0.2) is 42.5 Å². The fourth-order valence-corrected chi connectivity index (χ4v) is 1.95. The van der Waals surface area contributed by atoms with E-state index in [9.17, 15) is 27.2 Å². The number of hydrogen-bond acceptors (Lipinski definition) is 3. The first kappa shape index (κ1) is 17.5. The van der Waals surface area contributed by atoms with Gasteiger partial charge in [-0.15, -0.1) is 0 Å². The van der Waals surface area contributed by atoms with Gasteiger partial charge in [-0.05, 0) is 24.6 Å². The Hall–Kier alpha value is -2.90. The van der Waals surface area contributed by atoms with Crippen LogP contribution < -0.4 is 5.32 Å². The Morgan fingerprint density at radius 2 is 1.71 bits per heavy atom. The third-order valence-electron chi connectivity index (χ3n) is 2.99. The maximum Gasteiger partial charge on any atom is 0.491 e. The molecule has 4 nitrogen and oxygen atoms in total. The molecule has 0 fully saturated rings. The van der Waals surface area contributed by atoms with Gasteiger partial charge < -0.3 is 4.74 Å². The molecule has 0 atom stereocenters. The second-order valence-electron chi connectivity index (χ2n) is 4.83. The summed E-state index contributed by atoms with van der Waals surface area (Å²) in [4.78, 5) is 22.2. The Bertz CT molecular complexity index is 787. The molecule has 0 saturated carbocycles. The van der Waals surface area contributed by atoms with Gasteiger partial charge in [0.2, 0.25) is 0 Å². The van der Waals surface area contributed by atoms with Gasteiger partial charge in [0.05, 0.1) is 5.69 Å². The first-order chi connectivity index (χ1) is 11.2. The number of halogens is 4. The molecule has 0 aromatic heterocycles. The molecule has 0 aliphatic carbocycles. The van der Waals surface area contributed by atoms with Gasteiger partial charge in [0.25, 0.3) is 0 Å². The highest BCUT2D eigenvalue weighted by molar-refractivity contribution is 5.97. The van der Waals surface area contributed by atoms with E-state index in [0.717, 1.165) is 0 Å². The van der Waals surface area contributed by atoms with Crippen molar-refractivity contribution in [2.24, 2.45) is 0 Å². The summed E-state index contributed by atoms with van der Waals surface area (Å²) in [6.45, 7) is 1.67. The minimum atomic E-state index is -5.29. The lowest BCUT2D eigenvalue weighted by Gasteiger charge is -2.13. The van der Waals surface area contributed by atoms with Crippen molar-refractivity contribution < 1.29 is 31.9 Å². The fraction of sp³-hybridized carbons (Fsp3) is 0.125. The van der Waals surface area contributed by atoms with Crippen molar-refractivity contribution in [3.8, 4) is 11.1 Å². The highest BCUT2D eigenvalue weighted by atomic mass is 19.4. The lowest BCUT2D eigenvalue weighted by atomic mass is 10.0. The van der Waals surface area contributed by atoms with Gasteiger partial charge in [-0.25, -0.2) is 14.0 Å². The number of anilines is 1. The largest absolute Gasteiger partial charge is 0.491 e. The average molecular weight is 341 g/mol. The van der Waals surface area contributed by atoms with Gasteiger partial charge in [0.1, 0.15) is 5.82 Å². The SMILES string of the molecule is Cc1ccc(-c2ccccc2F)c(NC(=O)OC(=O)C(F)(F)F)c1. The van der Waals surface area contributed by atoms with Crippen LogP contribution >= 0.6 is 0 Å². The number of rotatable bonds is 2. The lowest BCUT2D eigenvalue weighted by Crippen LogP contribution is -2.30. The normalized spacial score (nSPS) is 11.0. The van der Waals surface area contributed by atoms with E-state index in [2.05, 4.69) is 4.74 Å². The number of hydrogen-bond donors (Lipinski definition) is 1. The van der Waals surface area contributed by atoms with Gasteiger partial charge in [-0.1, -0.05) is 30.3 Å². The maximum absolute atomic E-state index is 13.9. The molecule has 8 heteroatoms. The Kier molecular flexibility index (Phi) is 4.87. The summed E-state index contributed by atoms with van der Waals surface area (Å²) in [5, 5.41) is 2.03. The minimum Gasteiger partial charge on any atom is -0.369 e. The number of alkyl halides is 3. The van der Waals surface area contributed by atoms with Crippen LogP contribution in [0.4, 0.5) is 28.0 Å². The third kappa shape index (κ3) is 4.09. The second-order valence-corrected chi connectivity index (χ2v) is 4.83. The van der Waals surface area contributed by atoms with Crippen LogP contribution in [0.2, 0.25) is 0 Å². The summed E-state index contributed by atoms with van der Waals surface area (Å²) < 4.78 is 53.9. The standard InChI is InChI=1S/C16H11F4NO3/c1-9-6-7-11(10-4-2-3-5-12(10)17)13(8-9)21-15(23)24-14(22)16(18,19)20/h2-8H,1H3,(H,21,23). The van der Waals surface area contributed by atoms with E-state index >= 15 is 0 Å².